The molecule has 0 aromatic carbocycles. The van der Waals surface area contributed by atoms with Crippen molar-refractivity contribution < 1.29 is 18.8 Å². The number of nitrogens with zero attached hydrogens (tertiary/aromatic N) is 2. The van der Waals surface area contributed by atoms with Crippen LogP contribution in [0, 0.1) is 5.92 Å². The fraction of sp³-hybridized carbons (Fsp3) is 0.750. The molecule has 6 nitrogen and oxygen atoms in total. The molecule has 7 heteroatoms. The fourth-order valence-electron chi connectivity index (χ4n) is 2.63. The minimum absolute atomic E-state index is 0.367. The Morgan fingerprint density at radius 2 is 1.83 bits per heavy atom. The molecule has 3 rings (SSSR count). The maximum Gasteiger partial charge on any atom is 0.498 e. The number of ether oxygens (including phenoxy) is 2. The van der Waals surface area contributed by atoms with Gasteiger partial charge in [-0.25, -0.2) is 9.97 Å². The largest absolute Gasteiger partial charge is 0.498 e. The van der Waals surface area contributed by atoms with Crippen LogP contribution in [-0.4, -0.2) is 48.1 Å². The van der Waals surface area contributed by atoms with Gasteiger partial charge in [-0.15, -0.1) is 0 Å². The predicted molar refractivity (Wildman–Crippen MR) is 86.8 cm³/mol. The van der Waals surface area contributed by atoms with Gasteiger partial charge in [-0.05, 0) is 40.5 Å². The fourth-order valence-corrected chi connectivity index (χ4v) is 2.63. The first-order valence-corrected chi connectivity index (χ1v) is 8.25. The summed E-state index contributed by atoms with van der Waals surface area (Å²) in [5.41, 5.74) is 0.0683. The van der Waals surface area contributed by atoms with Gasteiger partial charge < -0.3 is 18.8 Å². The third-order valence-electron chi connectivity index (χ3n) is 4.88. The highest BCUT2D eigenvalue weighted by Crippen LogP contribution is 2.36. The highest BCUT2D eigenvalue weighted by molar-refractivity contribution is 6.61. The Kier molecular flexibility index (Phi) is 4.62. The monoisotopic (exact) mass is 320 g/mol. The molecule has 0 bridgehead atoms. The van der Waals surface area contributed by atoms with E-state index >= 15 is 0 Å². The molecule has 23 heavy (non-hydrogen) atoms. The number of aromatic nitrogens is 2. The van der Waals surface area contributed by atoms with Gasteiger partial charge in [0.2, 0.25) is 0 Å². The second kappa shape index (κ2) is 6.38. The van der Waals surface area contributed by atoms with Crippen LogP contribution in [0.2, 0.25) is 0 Å². The molecule has 2 aliphatic heterocycles. The quantitative estimate of drug-likeness (QED) is 0.785. The highest BCUT2D eigenvalue weighted by Gasteiger charge is 2.51. The van der Waals surface area contributed by atoms with E-state index in [4.69, 9.17) is 18.8 Å². The van der Waals surface area contributed by atoms with Gasteiger partial charge in [-0.1, -0.05) is 0 Å². The topological polar surface area (TPSA) is 62.7 Å². The van der Waals surface area contributed by atoms with Crippen molar-refractivity contribution in [2.75, 3.05) is 19.8 Å². The lowest BCUT2D eigenvalue weighted by Crippen LogP contribution is -2.41. The van der Waals surface area contributed by atoms with E-state index in [1.807, 2.05) is 27.7 Å². The highest BCUT2D eigenvalue weighted by atomic mass is 16.7. The molecule has 1 atom stereocenters. The van der Waals surface area contributed by atoms with Crippen molar-refractivity contribution in [1.29, 1.82) is 0 Å². The average molecular weight is 320 g/mol. The molecule has 0 aliphatic carbocycles. The maximum atomic E-state index is 5.99. The molecular formula is C16H25BN2O4. The summed E-state index contributed by atoms with van der Waals surface area (Å²) in [6.45, 7) is 10.3. The van der Waals surface area contributed by atoms with E-state index < -0.39 is 7.12 Å². The van der Waals surface area contributed by atoms with Crippen molar-refractivity contribution in [3.8, 4) is 6.01 Å². The standard InChI is InChI=1S/C16H25BN2O4/c1-15(2)16(3,4)23-17(22-15)13-8-18-14(19-9-13)21-11-12-6-5-7-20-10-12/h8-9,12H,5-7,10-11H2,1-4H3/t12-/m1/s1. The second-order valence-electron chi connectivity index (χ2n) is 7.28. The van der Waals surface area contributed by atoms with Crippen molar-refractivity contribution in [2.45, 2.75) is 51.7 Å². The van der Waals surface area contributed by atoms with E-state index in [1.165, 1.54) is 0 Å². The molecule has 126 valence electrons. The summed E-state index contributed by atoms with van der Waals surface area (Å²) in [6, 6.07) is 0.385. The molecule has 2 aliphatic rings. The van der Waals surface area contributed by atoms with Gasteiger partial charge in [0.1, 0.15) is 0 Å². The third-order valence-corrected chi connectivity index (χ3v) is 4.88. The van der Waals surface area contributed by atoms with Gasteiger partial charge >= 0.3 is 13.1 Å². The zero-order valence-corrected chi connectivity index (χ0v) is 14.4. The van der Waals surface area contributed by atoms with Gasteiger partial charge in [-0.3, -0.25) is 0 Å². The Morgan fingerprint density at radius 3 is 2.39 bits per heavy atom. The first kappa shape index (κ1) is 16.7. The molecule has 0 radical (unpaired) electrons. The first-order valence-electron chi connectivity index (χ1n) is 8.25. The lowest BCUT2D eigenvalue weighted by Gasteiger charge is -2.32. The molecule has 0 N–H and O–H groups in total. The van der Waals surface area contributed by atoms with E-state index in [2.05, 4.69) is 9.97 Å². The summed E-state index contributed by atoms with van der Waals surface area (Å²) >= 11 is 0. The zero-order chi connectivity index (χ0) is 16.5. The summed E-state index contributed by atoms with van der Waals surface area (Å²) in [5.74, 6) is 0.426. The molecule has 1 aromatic rings. The van der Waals surface area contributed by atoms with Gasteiger partial charge in [0.05, 0.1) is 24.4 Å². The molecule has 3 heterocycles. The summed E-state index contributed by atoms with van der Waals surface area (Å²) < 4.78 is 23.1. The van der Waals surface area contributed by atoms with Gasteiger partial charge in [0.15, 0.2) is 0 Å². The van der Waals surface area contributed by atoms with Crippen molar-refractivity contribution in [3.63, 3.8) is 0 Å². The molecular weight excluding hydrogens is 295 g/mol. The molecule has 0 saturated carbocycles. The average Bonchev–Trinajstić information content (AvgIpc) is 2.75. The molecule has 2 saturated heterocycles. The van der Waals surface area contributed by atoms with E-state index in [0.717, 1.165) is 31.5 Å². The second-order valence-corrected chi connectivity index (χ2v) is 7.28. The van der Waals surface area contributed by atoms with E-state index in [-0.39, 0.29) is 11.2 Å². The van der Waals surface area contributed by atoms with Crippen LogP contribution in [0.25, 0.3) is 0 Å². The first-order chi connectivity index (χ1) is 10.9. The van der Waals surface area contributed by atoms with Crippen molar-refractivity contribution in [3.05, 3.63) is 12.4 Å². The van der Waals surface area contributed by atoms with Crippen molar-refractivity contribution in [2.24, 2.45) is 5.92 Å². The van der Waals surface area contributed by atoms with Crippen LogP contribution in [0.15, 0.2) is 12.4 Å². The van der Waals surface area contributed by atoms with Crippen LogP contribution in [-0.2, 0) is 14.0 Å². The molecule has 0 amide bonds. The van der Waals surface area contributed by atoms with Crippen LogP contribution in [0.1, 0.15) is 40.5 Å². The lowest BCUT2D eigenvalue weighted by atomic mass is 9.81. The van der Waals surface area contributed by atoms with Crippen LogP contribution in [0.5, 0.6) is 6.01 Å². The van der Waals surface area contributed by atoms with E-state index in [0.29, 0.717) is 18.5 Å². The summed E-state index contributed by atoms with van der Waals surface area (Å²) in [4.78, 5) is 8.54. The van der Waals surface area contributed by atoms with Gasteiger partial charge in [0.25, 0.3) is 0 Å². The van der Waals surface area contributed by atoms with E-state index in [1.54, 1.807) is 12.4 Å². The smallest absolute Gasteiger partial charge is 0.463 e. The number of hydrogen-bond acceptors (Lipinski definition) is 6. The SMILES string of the molecule is CC1(C)OB(c2cnc(OC[C@@H]3CCCOC3)nc2)OC1(C)C. The minimum Gasteiger partial charge on any atom is -0.463 e. The third kappa shape index (κ3) is 3.67. The van der Waals surface area contributed by atoms with E-state index in [9.17, 15) is 0 Å². The number of hydrogen-bond donors (Lipinski definition) is 0. The van der Waals surface area contributed by atoms with Crippen LogP contribution >= 0.6 is 0 Å². The normalized spacial score (nSPS) is 26.3. The Hall–Kier alpha value is -1.18. The molecule has 0 unspecified atom stereocenters. The maximum absolute atomic E-state index is 5.99. The Labute approximate surface area is 138 Å². The van der Waals surface area contributed by atoms with Crippen LogP contribution < -0.4 is 10.2 Å². The minimum atomic E-state index is -0.444. The van der Waals surface area contributed by atoms with Crippen LogP contribution in [0.4, 0.5) is 0 Å². The van der Waals surface area contributed by atoms with Crippen molar-refractivity contribution >= 4 is 12.6 Å². The summed E-state index contributed by atoms with van der Waals surface area (Å²) in [6.07, 6.45) is 5.64. The van der Waals surface area contributed by atoms with Crippen LogP contribution in [0.3, 0.4) is 0 Å². The summed E-state index contributed by atoms with van der Waals surface area (Å²) in [7, 11) is -0.444. The summed E-state index contributed by atoms with van der Waals surface area (Å²) in [5, 5.41) is 0. The molecule has 2 fully saturated rings. The molecule has 0 spiro atoms. The Bertz CT molecular complexity index is 513. The van der Waals surface area contributed by atoms with Crippen molar-refractivity contribution in [1.82, 2.24) is 9.97 Å². The zero-order valence-electron chi connectivity index (χ0n) is 14.4. The predicted octanol–water partition coefficient (Wildman–Crippen LogP) is 1.58. The lowest BCUT2D eigenvalue weighted by molar-refractivity contribution is 0.00578. The number of rotatable bonds is 4. The Morgan fingerprint density at radius 1 is 1.17 bits per heavy atom. The Balaban J connectivity index is 1.57. The molecule has 1 aromatic heterocycles. The van der Waals surface area contributed by atoms with Gasteiger partial charge in [0, 0.05) is 30.4 Å². The van der Waals surface area contributed by atoms with Gasteiger partial charge in [-0.2, -0.15) is 0 Å².